The Morgan fingerprint density at radius 3 is 2.67 bits per heavy atom. The molecule has 6 nitrogen and oxygen atoms in total. The summed E-state index contributed by atoms with van der Waals surface area (Å²) < 4.78 is 1.24. The summed E-state index contributed by atoms with van der Waals surface area (Å²) in [6.07, 6.45) is 2.04. The number of hydrogen-bond acceptors (Lipinski definition) is 4. The number of urea groups is 1. The molecule has 3 rings (SSSR count). The lowest BCUT2D eigenvalue weighted by molar-refractivity contribution is -0.919. The van der Waals surface area contributed by atoms with Crippen molar-refractivity contribution in [3.63, 3.8) is 0 Å². The number of benzene rings is 1. The van der Waals surface area contributed by atoms with E-state index in [-0.39, 0.29) is 11.9 Å². The van der Waals surface area contributed by atoms with Crippen LogP contribution in [0, 0.1) is 0 Å². The van der Waals surface area contributed by atoms with Gasteiger partial charge in [0.1, 0.15) is 0 Å². The van der Waals surface area contributed by atoms with Gasteiger partial charge in [0.15, 0.2) is 6.04 Å². The summed E-state index contributed by atoms with van der Waals surface area (Å²) in [6.45, 7) is 3.72. The average Bonchev–Trinajstić information content (AvgIpc) is 3.05. The molecule has 1 aromatic heterocycles. The van der Waals surface area contributed by atoms with E-state index in [4.69, 9.17) is 4.98 Å². The van der Waals surface area contributed by atoms with Crippen LogP contribution in [-0.4, -0.2) is 43.1 Å². The highest BCUT2D eigenvalue weighted by Crippen LogP contribution is 2.31. The quantitative estimate of drug-likeness (QED) is 0.772. The molecule has 1 atom stereocenters. The van der Waals surface area contributed by atoms with Crippen molar-refractivity contribution >= 4 is 33.5 Å². The number of hydrogen-bond donors (Lipinski definition) is 3. The number of imide groups is 1. The first-order valence-corrected chi connectivity index (χ1v) is 9.12. The van der Waals surface area contributed by atoms with Gasteiger partial charge in [-0.1, -0.05) is 12.1 Å². The minimum absolute atomic E-state index is 0.220. The van der Waals surface area contributed by atoms with Gasteiger partial charge in [-0.25, -0.2) is 9.78 Å². The fraction of sp³-hybridized carbons (Fsp3) is 0.471. The van der Waals surface area contributed by atoms with Gasteiger partial charge in [0.2, 0.25) is 0 Å². The van der Waals surface area contributed by atoms with Crippen molar-refractivity contribution in [3.05, 3.63) is 29.3 Å². The Balaban J connectivity index is 1.59. The fourth-order valence-electron chi connectivity index (χ4n) is 3.20. The lowest BCUT2D eigenvalue weighted by atomic mass is 9.96. The maximum atomic E-state index is 12.1. The Bertz CT molecular complexity index is 704. The zero-order valence-electron chi connectivity index (χ0n) is 14.0. The van der Waals surface area contributed by atoms with E-state index in [9.17, 15) is 9.59 Å². The monoisotopic (exact) mass is 347 g/mol. The molecular formula is C17H23N4O2S+. The van der Waals surface area contributed by atoms with Gasteiger partial charge in [0, 0.05) is 25.8 Å². The number of carbonyl (C=O) groups excluding carboxylic acids is 2. The third kappa shape index (κ3) is 3.57. The number of aromatic nitrogens is 1. The molecular weight excluding hydrogens is 324 g/mol. The van der Waals surface area contributed by atoms with Crippen molar-refractivity contribution in [3.8, 4) is 0 Å². The molecule has 2 heterocycles. The van der Waals surface area contributed by atoms with Gasteiger partial charge >= 0.3 is 6.03 Å². The van der Waals surface area contributed by atoms with Crippen molar-refractivity contribution in [2.24, 2.45) is 0 Å². The van der Waals surface area contributed by atoms with E-state index >= 15 is 0 Å². The highest BCUT2D eigenvalue weighted by molar-refractivity contribution is 7.18. The van der Waals surface area contributed by atoms with Crippen LogP contribution >= 0.6 is 11.3 Å². The zero-order chi connectivity index (χ0) is 17.1. The molecule has 24 heavy (non-hydrogen) atoms. The lowest BCUT2D eigenvalue weighted by Crippen LogP contribution is -3.17. The molecule has 3 N–H and O–H groups in total. The van der Waals surface area contributed by atoms with Gasteiger partial charge in [-0.15, -0.1) is 11.3 Å². The fourth-order valence-corrected chi connectivity index (χ4v) is 4.34. The largest absolute Gasteiger partial charge is 0.341 e. The summed E-state index contributed by atoms with van der Waals surface area (Å²) in [7, 11) is 1.50. The van der Waals surface area contributed by atoms with Crippen LogP contribution in [0.2, 0.25) is 0 Å². The zero-order valence-corrected chi connectivity index (χ0v) is 14.8. The van der Waals surface area contributed by atoms with E-state index in [1.807, 2.05) is 19.1 Å². The smallest absolute Gasteiger partial charge is 0.321 e. The highest BCUT2D eigenvalue weighted by Gasteiger charge is 2.32. The van der Waals surface area contributed by atoms with E-state index in [1.54, 1.807) is 11.3 Å². The molecule has 0 bridgehead atoms. The van der Waals surface area contributed by atoms with Crippen molar-refractivity contribution in [2.45, 2.75) is 31.7 Å². The first-order chi connectivity index (χ1) is 11.6. The van der Waals surface area contributed by atoms with Crippen molar-refractivity contribution < 1.29 is 14.5 Å². The first kappa shape index (κ1) is 16.9. The average molecular weight is 347 g/mol. The van der Waals surface area contributed by atoms with Crippen LogP contribution in [0.5, 0.6) is 0 Å². The summed E-state index contributed by atoms with van der Waals surface area (Å²) in [5, 5.41) is 5.98. The van der Waals surface area contributed by atoms with Crippen LogP contribution < -0.4 is 15.5 Å². The standard InChI is InChI=1S/C17H22N4O2S/c1-11(15(22)20-17(23)18-2)21-9-7-12(8-10-21)16-19-13-5-3-4-6-14(13)24-16/h3-6,11-12H,7-10H2,1-2H3,(H2,18,20,22,23)/p+1/t11-/m1/s1. The first-order valence-electron chi connectivity index (χ1n) is 8.31. The van der Waals surface area contributed by atoms with Gasteiger partial charge in [-0.3, -0.25) is 10.1 Å². The van der Waals surface area contributed by atoms with E-state index in [2.05, 4.69) is 22.8 Å². The molecule has 1 saturated heterocycles. The maximum absolute atomic E-state index is 12.1. The second kappa shape index (κ2) is 7.27. The van der Waals surface area contributed by atoms with Crippen molar-refractivity contribution in [1.29, 1.82) is 0 Å². The predicted octanol–water partition coefficient (Wildman–Crippen LogP) is 0.903. The molecule has 1 aliphatic rings. The Labute approximate surface area is 145 Å². The molecule has 0 radical (unpaired) electrons. The third-order valence-corrected chi connectivity index (χ3v) is 5.96. The van der Waals surface area contributed by atoms with Crippen LogP contribution in [0.4, 0.5) is 4.79 Å². The van der Waals surface area contributed by atoms with Crippen molar-refractivity contribution in [2.75, 3.05) is 20.1 Å². The molecule has 1 fully saturated rings. The van der Waals surface area contributed by atoms with Crippen molar-refractivity contribution in [1.82, 2.24) is 15.6 Å². The molecule has 0 aliphatic carbocycles. The van der Waals surface area contributed by atoms with Gasteiger partial charge in [-0.05, 0) is 19.1 Å². The van der Waals surface area contributed by atoms with E-state index in [1.165, 1.54) is 21.7 Å². The number of nitrogens with zero attached hydrogens (tertiary/aromatic N) is 1. The SMILES string of the molecule is CNC(=O)NC(=O)[C@@H](C)[NH+]1CCC(c2nc3ccccc3s2)CC1. The third-order valence-electron chi connectivity index (χ3n) is 4.76. The van der Waals surface area contributed by atoms with E-state index in [0.717, 1.165) is 31.4 Å². The van der Waals surface area contributed by atoms with Gasteiger partial charge < -0.3 is 10.2 Å². The Kier molecular flexibility index (Phi) is 5.11. The minimum atomic E-state index is -0.449. The van der Waals surface area contributed by atoms with Crippen LogP contribution in [0.25, 0.3) is 10.2 Å². The van der Waals surface area contributed by atoms with Crippen LogP contribution in [0.15, 0.2) is 24.3 Å². The molecule has 1 aromatic carbocycles. The summed E-state index contributed by atoms with van der Waals surface area (Å²) >= 11 is 1.78. The summed E-state index contributed by atoms with van der Waals surface area (Å²) in [4.78, 5) is 29.3. The minimum Gasteiger partial charge on any atom is -0.341 e. The number of fused-ring (bicyclic) bond motifs is 1. The number of likely N-dealkylation sites (tertiary alicyclic amines) is 1. The number of rotatable bonds is 3. The molecule has 1 aliphatic heterocycles. The van der Waals surface area contributed by atoms with Gasteiger partial charge in [0.05, 0.1) is 28.3 Å². The lowest BCUT2D eigenvalue weighted by Gasteiger charge is -2.31. The van der Waals surface area contributed by atoms with Crippen LogP contribution in [0.3, 0.4) is 0 Å². The number of amides is 3. The van der Waals surface area contributed by atoms with Crippen LogP contribution in [0.1, 0.15) is 30.7 Å². The molecule has 3 amide bonds. The maximum Gasteiger partial charge on any atom is 0.321 e. The van der Waals surface area contributed by atoms with E-state index < -0.39 is 6.03 Å². The number of quaternary nitrogens is 1. The second-order valence-electron chi connectivity index (χ2n) is 6.24. The predicted molar refractivity (Wildman–Crippen MR) is 94.4 cm³/mol. The molecule has 7 heteroatoms. The summed E-state index contributed by atoms with van der Waals surface area (Å²) in [5.41, 5.74) is 1.07. The molecule has 0 spiro atoms. The van der Waals surface area contributed by atoms with Gasteiger partial charge in [-0.2, -0.15) is 0 Å². The van der Waals surface area contributed by atoms with E-state index in [0.29, 0.717) is 5.92 Å². The molecule has 128 valence electrons. The van der Waals surface area contributed by atoms with Gasteiger partial charge in [0.25, 0.3) is 5.91 Å². The number of carbonyl (C=O) groups is 2. The number of para-hydroxylation sites is 1. The number of piperidine rings is 1. The molecule has 0 unspecified atom stereocenters. The van der Waals surface area contributed by atoms with Crippen LogP contribution in [-0.2, 0) is 4.79 Å². The Morgan fingerprint density at radius 1 is 1.29 bits per heavy atom. The highest BCUT2D eigenvalue weighted by atomic mass is 32.1. The number of nitrogens with one attached hydrogen (secondary N) is 3. The second-order valence-corrected chi connectivity index (χ2v) is 7.30. The molecule has 2 aromatic rings. The Hall–Kier alpha value is -1.99. The normalized spacial score (nSPS) is 22.1. The topological polar surface area (TPSA) is 75.5 Å². The molecule has 0 saturated carbocycles. The summed E-state index contributed by atoms with van der Waals surface area (Å²) in [5.74, 6) is 0.253. The summed E-state index contributed by atoms with van der Waals surface area (Å²) in [6, 6.07) is 7.56. The number of thiazole rings is 1. The Morgan fingerprint density at radius 2 is 2.00 bits per heavy atom.